The van der Waals surface area contributed by atoms with Gasteiger partial charge in [-0.1, -0.05) is 6.92 Å². The van der Waals surface area contributed by atoms with E-state index >= 15 is 0 Å². The predicted molar refractivity (Wildman–Crippen MR) is 65.8 cm³/mol. The van der Waals surface area contributed by atoms with Gasteiger partial charge in [-0.15, -0.1) is 0 Å². The Morgan fingerprint density at radius 1 is 1.56 bits per heavy atom. The summed E-state index contributed by atoms with van der Waals surface area (Å²) in [7, 11) is 0. The van der Waals surface area contributed by atoms with Crippen molar-refractivity contribution in [1.29, 1.82) is 0 Å². The normalized spacial score (nSPS) is 32.3. The van der Waals surface area contributed by atoms with Gasteiger partial charge in [-0.05, 0) is 39.5 Å². The van der Waals surface area contributed by atoms with E-state index in [2.05, 4.69) is 25.7 Å². The van der Waals surface area contributed by atoms with Gasteiger partial charge in [-0.3, -0.25) is 9.69 Å². The molecule has 1 fully saturated rings. The fraction of sp³-hybridized carbons (Fsp3) is 0.917. The van der Waals surface area contributed by atoms with E-state index in [1.54, 1.807) is 6.92 Å². The third-order valence-corrected chi connectivity index (χ3v) is 3.68. The molecule has 1 rings (SSSR count). The van der Waals surface area contributed by atoms with E-state index in [1.807, 2.05) is 0 Å². The van der Waals surface area contributed by atoms with Gasteiger partial charge >= 0.3 is 0 Å². The summed E-state index contributed by atoms with van der Waals surface area (Å²) in [6.07, 6.45) is 1.85. The summed E-state index contributed by atoms with van der Waals surface area (Å²) in [6, 6.07) is 0.885. The van der Waals surface area contributed by atoms with Crippen molar-refractivity contribution in [1.82, 2.24) is 4.90 Å². The molecule has 0 bridgehead atoms. The Balaban J connectivity index is 2.59. The van der Waals surface area contributed by atoms with Crippen molar-refractivity contribution in [2.75, 3.05) is 6.54 Å². The largest absolute Gasteiger partial charge is 0.368 e. The highest BCUT2D eigenvalue weighted by Gasteiger charge is 2.35. The van der Waals surface area contributed by atoms with Gasteiger partial charge in [0.2, 0.25) is 5.91 Å². The molecule has 4 heteroatoms. The maximum absolute atomic E-state index is 11.2. The number of amides is 1. The summed E-state index contributed by atoms with van der Waals surface area (Å²) in [5.74, 6) is 0.314. The fourth-order valence-corrected chi connectivity index (χ4v) is 2.78. The molecule has 4 atom stereocenters. The van der Waals surface area contributed by atoms with Crippen LogP contribution in [0, 0.1) is 5.92 Å². The van der Waals surface area contributed by atoms with Crippen LogP contribution >= 0.6 is 0 Å². The molecular weight excluding hydrogens is 202 g/mol. The molecule has 0 aromatic heterocycles. The van der Waals surface area contributed by atoms with Crippen LogP contribution in [0.15, 0.2) is 0 Å². The molecule has 4 N–H and O–H groups in total. The van der Waals surface area contributed by atoms with E-state index in [1.165, 1.54) is 6.42 Å². The lowest BCUT2D eigenvalue weighted by Crippen LogP contribution is -2.53. The third-order valence-electron chi connectivity index (χ3n) is 3.68. The van der Waals surface area contributed by atoms with Gasteiger partial charge in [-0.25, -0.2) is 0 Å². The summed E-state index contributed by atoms with van der Waals surface area (Å²) in [4.78, 5) is 13.6. The third kappa shape index (κ3) is 2.95. The number of carbonyl (C=O) groups excluding carboxylic acids is 1. The van der Waals surface area contributed by atoms with Crippen molar-refractivity contribution in [2.24, 2.45) is 17.4 Å². The van der Waals surface area contributed by atoms with E-state index in [4.69, 9.17) is 11.5 Å². The van der Waals surface area contributed by atoms with Gasteiger partial charge in [0, 0.05) is 18.6 Å². The highest BCUT2D eigenvalue weighted by molar-refractivity contribution is 5.83. The fourth-order valence-electron chi connectivity index (χ4n) is 2.78. The number of hydrogen-bond donors (Lipinski definition) is 2. The Hall–Kier alpha value is -0.610. The van der Waals surface area contributed by atoms with Gasteiger partial charge < -0.3 is 11.5 Å². The van der Waals surface area contributed by atoms with Crippen molar-refractivity contribution >= 4 is 5.91 Å². The molecule has 0 spiro atoms. The summed E-state index contributed by atoms with van der Waals surface area (Å²) < 4.78 is 0. The first-order valence-electron chi connectivity index (χ1n) is 6.08. The minimum atomic E-state index is -0.898. The zero-order valence-electron chi connectivity index (χ0n) is 10.9. The number of hydrogen-bond acceptors (Lipinski definition) is 3. The van der Waals surface area contributed by atoms with Crippen LogP contribution in [0.3, 0.4) is 0 Å². The second kappa shape index (κ2) is 4.72. The standard InChI is InChI=1S/C12H25N3O/c1-8-5-9(2)15(7-8)10(3)6-12(4,14)11(13)16/h8-10H,5-7,14H2,1-4H3,(H2,13,16). The first kappa shape index (κ1) is 13.5. The maximum Gasteiger partial charge on any atom is 0.237 e. The number of rotatable bonds is 4. The molecule has 4 nitrogen and oxygen atoms in total. The maximum atomic E-state index is 11.2. The Labute approximate surface area is 98.3 Å². The lowest BCUT2D eigenvalue weighted by molar-refractivity contribution is -0.123. The molecule has 1 saturated heterocycles. The predicted octanol–water partition coefficient (Wildman–Crippen LogP) is 0.698. The average molecular weight is 227 g/mol. The summed E-state index contributed by atoms with van der Waals surface area (Å²) in [5, 5.41) is 0. The van der Waals surface area contributed by atoms with E-state index < -0.39 is 11.4 Å². The van der Waals surface area contributed by atoms with E-state index in [0.717, 1.165) is 12.5 Å². The Bertz CT molecular complexity index is 265. The van der Waals surface area contributed by atoms with Gasteiger partial charge in [-0.2, -0.15) is 0 Å². The summed E-state index contributed by atoms with van der Waals surface area (Å²) in [5.41, 5.74) is 10.3. The van der Waals surface area contributed by atoms with Gasteiger partial charge in [0.15, 0.2) is 0 Å². The first-order chi connectivity index (χ1) is 7.24. The number of primary amides is 1. The highest BCUT2D eigenvalue weighted by atomic mass is 16.1. The van der Waals surface area contributed by atoms with Gasteiger partial charge in [0.05, 0.1) is 5.54 Å². The second-order valence-electron chi connectivity index (χ2n) is 5.72. The molecular formula is C12H25N3O. The van der Waals surface area contributed by atoms with Gasteiger partial charge in [0.25, 0.3) is 0 Å². The van der Waals surface area contributed by atoms with Crippen molar-refractivity contribution in [2.45, 2.75) is 58.2 Å². The van der Waals surface area contributed by atoms with Crippen molar-refractivity contribution in [3.05, 3.63) is 0 Å². The smallest absolute Gasteiger partial charge is 0.237 e. The zero-order chi connectivity index (χ0) is 12.5. The molecule has 1 aliphatic heterocycles. The molecule has 0 aromatic rings. The van der Waals surface area contributed by atoms with Crippen LogP contribution in [0.25, 0.3) is 0 Å². The zero-order valence-corrected chi connectivity index (χ0v) is 10.9. The van der Waals surface area contributed by atoms with Crippen molar-refractivity contribution in [3.63, 3.8) is 0 Å². The van der Waals surface area contributed by atoms with Gasteiger partial charge in [0.1, 0.15) is 0 Å². The Kier molecular flexibility index (Phi) is 3.97. The first-order valence-corrected chi connectivity index (χ1v) is 6.08. The molecule has 0 aliphatic carbocycles. The van der Waals surface area contributed by atoms with Crippen LogP contribution in [0.4, 0.5) is 0 Å². The minimum Gasteiger partial charge on any atom is -0.368 e. The van der Waals surface area contributed by atoms with Crippen LogP contribution in [0.5, 0.6) is 0 Å². The quantitative estimate of drug-likeness (QED) is 0.742. The van der Waals surface area contributed by atoms with Crippen LogP contribution in [-0.4, -0.2) is 35.0 Å². The monoisotopic (exact) mass is 227 g/mol. The molecule has 0 saturated carbocycles. The second-order valence-corrected chi connectivity index (χ2v) is 5.72. The number of nitrogens with zero attached hydrogens (tertiary/aromatic N) is 1. The molecule has 4 unspecified atom stereocenters. The average Bonchev–Trinajstić information content (AvgIpc) is 2.44. The lowest BCUT2D eigenvalue weighted by atomic mass is 9.93. The molecule has 1 heterocycles. The van der Waals surface area contributed by atoms with E-state index in [0.29, 0.717) is 18.5 Å². The van der Waals surface area contributed by atoms with Crippen LogP contribution in [-0.2, 0) is 4.79 Å². The van der Waals surface area contributed by atoms with Crippen LogP contribution in [0.1, 0.15) is 40.5 Å². The van der Waals surface area contributed by atoms with Crippen LogP contribution < -0.4 is 11.5 Å². The molecule has 1 amide bonds. The number of likely N-dealkylation sites (tertiary alicyclic amines) is 1. The SMILES string of the molecule is CC1CC(C)N(C(C)CC(C)(N)C(N)=O)C1. The van der Waals surface area contributed by atoms with Crippen molar-refractivity contribution in [3.8, 4) is 0 Å². The highest BCUT2D eigenvalue weighted by Crippen LogP contribution is 2.27. The Morgan fingerprint density at radius 3 is 2.50 bits per heavy atom. The van der Waals surface area contributed by atoms with Crippen molar-refractivity contribution < 1.29 is 4.79 Å². The molecule has 16 heavy (non-hydrogen) atoms. The molecule has 0 radical (unpaired) electrons. The van der Waals surface area contributed by atoms with E-state index in [9.17, 15) is 4.79 Å². The van der Waals surface area contributed by atoms with E-state index in [-0.39, 0.29) is 0 Å². The topological polar surface area (TPSA) is 72.3 Å². The van der Waals surface area contributed by atoms with Crippen LogP contribution in [0.2, 0.25) is 0 Å². The molecule has 1 aliphatic rings. The summed E-state index contributed by atoms with van der Waals surface area (Å²) >= 11 is 0. The number of nitrogens with two attached hydrogens (primary N) is 2. The summed E-state index contributed by atoms with van der Waals surface area (Å²) in [6.45, 7) is 9.44. The molecule has 0 aromatic carbocycles. The lowest BCUT2D eigenvalue weighted by Gasteiger charge is -2.33. The minimum absolute atomic E-state index is 0.308. The molecule has 94 valence electrons. The Morgan fingerprint density at radius 2 is 2.12 bits per heavy atom. The number of carbonyl (C=O) groups is 1.